The van der Waals surface area contributed by atoms with Crippen molar-refractivity contribution in [1.82, 2.24) is 4.90 Å². The van der Waals surface area contributed by atoms with Crippen LogP contribution in [0.5, 0.6) is 0 Å². The lowest BCUT2D eigenvalue weighted by Gasteiger charge is -2.29. The standard InChI is InChI=1S/C13H26BrNO/c1-3-5-12(8-14)9-15(2)10-13-6-4-7-16-11-13/h12-13H,3-11H2,1-2H3. The Morgan fingerprint density at radius 3 is 2.88 bits per heavy atom. The zero-order chi connectivity index (χ0) is 11.8. The lowest BCUT2D eigenvalue weighted by atomic mass is 10.0. The van der Waals surface area contributed by atoms with Gasteiger partial charge in [0.15, 0.2) is 0 Å². The van der Waals surface area contributed by atoms with E-state index in [2.05, 4.69) is 34.8 Å². The molecule has 0 spiro atoms. The van der Waals surface area contributed by atoms with Crippen LogP contribution in [0, 0.1) is 11.8 Å². The van der Waals surface area contributed by atoms with Gasteiger partial charge in [0.25, 0.3) is 0 Å². The quantitative estimate of drug-likeness (QED) is 0.668. The van der Waals surface area contributed by atoms with Crippen LogP contribution in [0.15, 0.2) is 0 Å². The van der Waals surface area contributed by atoms with E-state index in [9.17, 15) is 0 Å². The van der Waals surface area contributed by atoms with Gasteiger partial charge >= 0.3 is 0 Å². The highest BCUT2D eigenvalue weighted by atomic mass is 79.9. The summed E-state index contributed by atoms with van der Waals surface area (Å²) in [4.78, 5) is 2.49. The molecule has 96 valence electrons. The first-order valence-electron chi connectivity index (χ1n) is 6.58. The number of hydrogen-bond acceptors (Lipinski definition) is 2. The molecule has 1 fully saturated rings. The van der Waals surface area contributed by atoms with Crippen molar-refractivity contribution in [2.24, 2.45) is 11.8 Å². The maximum atomic E-state index is 5.53. The van der Waals surface area contributed by atoms with Crippen LogP contribution in [-0.4, -0.2) is 43.6 Å². The Hall–Kier alpha value is 0.400. The lowest BCUT2D eigenvalue weighted by molar-refractivity contribution is 0.0404. The highest BCUT2D eigenvalue weighted by molar-refractivity contribution is 9.09. The molecule has 1 heterocycles. The van der Waals surface area contributed by atoms with Crippen LogP contribution in [0.3, 0.4) is 0 Å². The van der Waals surface area contributed by atoms with Gasteiger partial charge in [0, 0.05) is 25.0 Å². The lowest BCUT2D eigenvalue weighted by Crippen LogP contribution is -2.34. The molecule has 1 aliphatic heterocycles. The van der Waals surface area contributed by atoms with Gasteiger partial charge in [0.1, 0.15) is 0 Å². The average Bonchev–Trinajstić information content (AvgIpc) is 2.29. The molecule has 0 saturated carbocycles. The number of nitrogens with zero attached hydrogens (tertiary/aromatic N) is 1. The molecule has 0 aromatic carbocycles. The molecule has 16 heavy (non-hydrogen) atoms. The summed E-state index contributed by atoms with van der Waals surface area (Å²) in [7, 11) is 2.25. The van der Waals surface area contributed by atoms with E-state index >= 15 is 0 Å². The van der Waals surface area contributed by atoms with Crippen molar-refractivity contribution < 1.29 is 4.74 Å². The molecule has 3 heteroatoms. The number of ether oxygens (including phenoxy) is 1. The second-order valence-electron chi connectivity index (χ2n) is 5.11. The van der Waals surface area contributed by atoms with E-state index in [0.29, 0.717) is 0 Å². The number of rotatable bonds is 7. The van der Waals surface area contributed by atoms with Gasteiger partial charge in [-0.15, -0.1) is 0 Å². The summed E-state index contributed by atoms with van der Waals surface area (Å²) in [5.74, 6) is 1.57. The Morgan fingerprint density at radius 1 is 1.50 bits per heavy atom. The number of alkyl halides is 1. The van der Waals surface area contributed by atoms with E-state index in [0.717, 1.165) is 30.4 Å². The number of hydrogen-bond donors (Lipinski definition) is 0. The SMILES string of the molecule is CCCC(CBr)CN(C)CC1CCCOC1. The van der Waals surface area contributed by atoms with E-state index in [1.807, 2.05) is 0 Å². The Labute approximate surface area is 109 Å². The molecule has 2 nitrogen and oxygen atoms in total. The largest absolute Gasteiger partial charge is 0.381 e. The maximum absolute atomic E-state index is 5.53. The fourth-order valence-electron chi connectivity index (χ4n) is 2.53. The van der Waals surface area contributed by atoms with Gasteiger partial charge in [-0.3, -0.25) is 0 Å². The summed E-state index contributed by atoms with van der Waals surface area (Å²) in [6, 6.07) is 0. The van der Waals surface area contributed by atoms with Crippen LogP contribution < -0.4 is 0 Å². The minimum atomic E-state index is 0.761. The average molecular weight is 292 g/mol. The van der Waals surface area contributed by atoms with Crippen LogP contribution >= 0.6 is 15.9 Å². The van der Waals surface area contributed by atoms with E-state index < -0.39 is 0 Å². The van der Waals surface area contributed by atoms with Gasteiger partial charge in [0.2, 0.25) is 0 Å². The van der Waals surface area contributed by atoms with Crippen molar-refractivity contribution >= 4 is 15.9 Å². The molecule has 1 saturated heterocycles. The zero-order valence-corrected chi connectivity index (χ0v) is 12.3. The molecule has 2 atom stereocenters. The molecule has 0 N–H and O–H groups in total. The molecule has 0 aromatic heterocycles. The molecule has 0 radical (unpaired) electrons. The molecular weight excluding hydrogens is 266 g/mol. The second-order valence-corrected chi connectivity index (χ2v) is 5.76. The van der Waals surface area contributed by atoms with Gasteiger partial charge in [-0.2, -0.15) is 0 Å². The number of halogens is 1. The first-order chi connectivity index (χ1) is 7.76. The van der Waals surface area contributed by atoms with Crippen molar-refractivity contribution in [2.45, 2.75) is 32.6 Å². The normalized spacial score (nSPS) is 23.6. The van der Waals surface area contributed by atoms with Crippen molar-refractivity contribution in [3.8, 4) is 0 Å². The van der Waals surface area contributed by atoms with Gasteiger partial charge < -0.3 is 9.64 Å². The van der Waals surface area contributed by atoms with Crippen LogP contribution in [0.2, 0.25) is 0 Å². The summed E-state index contributed by atoms with van der Waals surface area (Å²) >= 11 is 3.62. The molecular formula is C13H26BrNO. The van der Waals surface area contributed by atoms with Crippen molar-refractivity contribution in [3.63, 3.8) is 0 Å². The molecule has 0 amide bonds. The summed E-state index contributed by atoms with van der Waals surface area (Å²) in [6.45, 7) is 6.63. The maximum Gasteiger partial charge on any atom is 0.0506 e. The van der Waals surface area contributed by atoms with Gasteiger partial charge in [-0.25, -0.2) is 0 Å². The van der Waals surface area contributed by atoms with E-state index in [4.69, 9.17) is 4.74 Å². The highest BCUT2D eigenvalue weighted by Gasteiger charge is 2.17. The monoisotopic (exact) mass is 291 g/mol. The molecule has 0 bridgehead atoms. The van der Waals surface area contributed by atoms with Crippen LogP contribution in [0.25, 0.3) is 0 Å². The fourth-order valence-corrected chi connectivity index (χ4v) is 3.06. The Morgan fingerprint density at radius 2 is 2.31 bits per heavy atom. The van der Waals surface area contributed by atoms with Crippen molar-refractivity contribution in [3.05, 3.63) is 0 Å². The summed E-state index contributed by atoms with van der Waals surface area (Å²) < 4.78 is 5.53. The van der Waals surface area contributed by atoms with E-state index in [-0.39, 0.29) is 0 Å². The molecule has 2 unspecified atom stereocenters. The predicted octanol–water partition coefficient (Wildman–Crippen LogP) is 3.16. The second kappa shape index (κ2) is 8.48. The first kappa shape index (κ1) is 14.5. The third-order valence-electron chi connectivity index (χ3n) is 3.31. The van der Waals surface area contributed by atoms with E-state index in [1.165, 1.54) is 38.8 Å². The minimum Gasteiger partial charge on any atom is -0.381 e. The first-order valence-corrected chi connectivity index (χ1v) is 7.70. The topological polar surface area (TPSA) is 12.5 Å². The van der Waals surface area contributed by atoms with Crippen LogP contribution in [0.1, 0.15) is 32.6 Å². The minimum absolute atomic E-state index is 0.761. The third-order valence-corrected chi connectivity index (χ3v) is 4.23. The molecule has 1 aliphatic rings. The van der Waals surface area contributed by atoms with Crippen molar-refractivity contribution in [2.75, 3.05) is 38.7 Å². The third kappa shape index (κ3) is 5.65. The van der Waals surface area contributed by atoms with Gasteiger partial charge in [-0.1, -0.05) is 29.3 Å². The van der Waals surface area contributed by atoms with Crippen LogP contribution in [-0.2, 0) is 4.74 Å². The summed E-state index contributed by atoms with van der Waals surface area (Å²) in [5, 5.41) is 1.13. The van der Waals surface area contributed by atoms with Gasteiger partial charge in [-0.05, 0) is 38.1 Å². The fraction of sp³-hybridized carbons (Fsp3) is 1.00. The summed E-state index contributed by atoms with van der Waals surface area (Å²) in [6.07, 6.45) is 5.21. The Bertz CT molecular complexity index is 165. The Balaban J connectivity index is 2.19. The van der Waals surface area contributed by atoms with Gasteiger partial charge in [0.05, 0.1) is 6.61 Å². The predicted molar refractivity (Wildman–Crippen MR) is 73.2 cm³/mol. The summed E-state index contributed by atoms with van der Waals surface area (Å²) in [5.41, 5.74) is 0. The highest BCUT2D eigenvalue weighted by Crippen LogP contribution is 2.16. The molecule has 0 aromatic rings. The smallest absolute Gasteiger partial charge is 0.0506 e. The Kier molecular flexibility index (Phi) is 7.67. The zero-order valence-electron chi connectivity index (χ0n) is 10.8. The van der Waals surface area contributed by atoms with Crippen LogP contribution in [0.4, 0.5) is 0 Å². The van der Waals surface area contributed by atoms with E-state index in [1.54, 1.807) is 0 Å². The molecule has 1 rings (SSSR count). The molecule has 0 aliphatic carbocycles. The van der Waals surface area contributed by atoms with Crippen molar-refractivity contribution in [1.29, 1.82) is 0 Å².